The monoisotopic (exact) mass is 627 g/mol. The van der Waals surface area contributed by atoms with Crippen LogP contribution in [0.1, 0.15) is 0 Å². The highest BCUT2D eigenvalue weighted by atomic mass is 15.2. The van der Waals surface area contributed by atoms with Gasteiger partial charge in [-0.25, -0.2) is 9.97 Å². The Morgan fingerprint density at radius 2 is 0.980 bits per heavy atom. The molecular weight excluding hydrogens is 599 g/mol. The Morgan fingerprint density at radius 3 is 1.69 bits per heavy atom. The minimum absolute atomic E-state index is 0.870. The summed E-state index contributed by atoms with van der Waals surface area (Å²) in [5.41, 5.74) is 10.4. The standard InChI is InChI=1S/C44H29N5/c1-5-16-30(17-6-1)36-25-15-27-39(45-36)49-37-26-14-13-24-34(37)35-28-29-38-40(41(35)49)42-44(47(38)32-20-9-3-10-21-32)46-43(31-18-7-2-8-19-31)48(42)33-22-11-4-12-23-33/h1-29H. The summed E-state index contributed by atoms with van der Waals surface area (Å²) in [7, 11) is 0. The number of rotatable bonds is 5. The number of fused-ring (bicyclic) bond motifs is 7. The van der Waals surface area contributed by atoms with Gasteiger partial charge in [-0.2, -0.15) is 0 Å². The van der Waals surface area contributed by atoms with Crippen LogP contribution in [0, 0.1) is 0 Å². The van der Waals surface area contributed by atoms with Gasteiger partial charge in [0.05, 0.1) is 27.6 Å². The van der Waals surface area contributed by atoms with Crippen LogP contribution in [0.4, 0.5) is 0 Å². The fraction of sp³-hybridized carbons (Fsp3) is 0. The summed E-state index contributed by atoms with van der Waals surface area (Å²) in [5, 5.41) is 3.48. The minimum Gasteiger partial charge on any atom is -0.293 e. The fourth-order valence-electron chi connectivity index (χ4n) is 7.37. The first-order valence-corrected chi connectivity index (χ1v) is 16.5. The van der Waals surface area contributed by atoms with Gasteiger partial charge in [-0.1, -0.05) is 127 Å². The zero-order valence-electron chi connectivity index (χ0n) is 26.5. The molecule has 6 aromatic carbocycles. The maximum Gasteiger partial charge on any atom is 0.165 e. The van der Waals surface area contributed by atoms with Crippen molar-refractivity contribution in [2.75, 3.05) is 0 Å². The van der Waals surface area contributed by atoms with Crippen LogP contribution in [0.15, 0.2) is 176 Å². The molecule has 230 valence electrons. The van der Waals surface area contributed by atoms with E-state index in [-0.39, 0.29) is 0 Å². The molecule has 5 nitrogen and oxygen atoms in total. The molecule has 0 spiro atoms. The second-order valence-corrected chi connectivity index (χ2v) is 12.3. The lowest BCUT2D eigenvalue weighted by molar-refractivity contribution is 1.08. The average Bonchev–Trinajstić information content (AvgIpc) is 3.83. The summed E-state index contributed by atoms with van der Waals surface area (Å²) in [5.74, 6) is 1.77. The van der Waals surface area contributed by atoms with E-state index in [4.69, 9.17) is 9.97 Å². The average molecular weight is 628 g/mol. The molecule has 0 atom stereocenters. The van der Waals surface area contributed by atoms with Crippen molar-refractivity contribution in [1.29, 1.82) is 0 Å². The van der Waals surface area contributed by atoms with Gasteiger partial charge in [-0.15, -0.1) is 0 Å². The van der Waals surface area contributed by atoms with E-state index in [1.165, 1.54) is 10.8 Å². The minimum atomic E-state index is 0.870. The quantitative estimate of drug-likeness (QED) is 0.190. The highest BCUT2D eigenvalue weighted by Gasteiger charge is 2.27. The third-order valence-electron chi connectivity index (χ3n) is 9.46. The Hall–Kier alpha value is -6.72. The normalized spacial score (nSPS) is 11.7. The maximum absolute atomic E-state index is 5.49. The van der Waals surface area contributed by atoms with Gasteiger partial charge in [0, 0.05) is 33.3 Å². The topological polar surface area (TPSA) is 40.6 Å². The van der Waals surface area contributed by atoms with Crippen LogP contribution in [0.5, 0.6) is 0 Å². The number of benzene rings is 6. The van der Waals surface area contributed by atoms with E-state index in [1.807, 2.05) is 6.07 Å². The Kier molecular flexibility index (Phi) is 6.11. The van der Waals surface area contributed by atoms with Crippen molar-refractivity contribution in [2.45, 2.75) is 0 Å². The largest absolute Gasteiger partial charge is 0.293 e. The summed E-state index contributed by atoms with van der Waals surface area (Å²) in [6.45, 7) is 0. The SMILES string of the molecule is c1ccc(-c2cccc(-n3c4ccccc4c4ccc5c(c6c(nc(-c7ccccc7)n6-c6ccccc6)n5-c5ccccc5)c43)n2)cc1. The van der Waals surface area contributed by atoms with E-state index in [2.05, 4.69) is 184 Å². The lowest BCUT2D eigenvalue weighted by Crippen LogP contribution is -2.01. The predicted molar refractivity (Wildman–Crippen MR) is 201 cm³/mol. The van der Waals surface area contributed by atoms with E-state index in [9.17, 15) is 0 Å². The molecule has 0 unspecified atom stereocenters. The van der Waals surface area contributed by atoms with Gasteiger partial charge >= 0.3 is 0 Å². The molecule has 0 radical (unpaired) electrons. The Balaban J connectivity index is 1.43. The van der Waals surface area contributed by atoms with Crippen molar-refractivity contribution < 1.29 is 0 Å². The Morgan fingerprint density at radius 1 is 0.367 bits per heavy atom. The van der Waals surface area contributed by atoms with Crippen molar-refractivity contribution in [3.8, 4) is 39.8 Å². The van der Waals surface area contributed by atoms with Crippen molar-refractivity contribution >= 4 is 43.9 Å². The van der Waals surface area contributed by atoms with Crippen LogP contribution in [-0.2, 0) is 0 Å². The molecule has 10 rings (SSSR count). The van der Waals surface area contributed by atoms with Gasteiger partial charge in [-0.3, -0.25) is 13.7 Å². The van der Waals surface area contributed by atoms with Crippen LogP contribution in [0.2, 0.25) is 0 Å². The maximum atomic E-state index is 5.49. The molecule has 0 fully saturated rings. The number of hydrogen-bond donors (Lipinski definition) is 0. The first kappa shape index (κ1) is 27.4. The molecule has 10 aromatic rings. The molecule has 4 aromatic heterocycles. The Labute approximate surface area is 282 Å². The van der Waals surface area contributed by atoms with E-state index in [0.29, 0.717) is 0 Å². The van der Waals surface area contributed by atoms with Crippen molar-refractivity contribution in [1.82, 2.24) is 23.7 Å². The number of aromatic nitrogens is 5. The van der Waals surface area contributed by atoms with Crippen LogP contribution in [-0.4, -0.2) is 23.7 Å². The van der Waals surface area contributed by atoms with Crippen molar-refractivity contribution in [3.05, 3.63) is 176 Å². The molecule has 0 saturated heterocycles. The van der Waals surface area contributed by atoms with Gasteiger partial charge in [0.2, 0.25) is 0 Å². The van der Waals surface area contributed by atoms with Gasteiger partial charge in [0.25, 0.3) is 0 Å². The summed E-state index contributed by atoms with van der Waals surface area (Å²) in [6.07, 6.45) is 0. The predicted octanol–water partition coefficient (Wildman–Crippen LogP) is 10.8. The van der Waals surface area contributed by atoms with E-state index < -0.39 is 0 Å². The summed E-state index contributed by atoms with van der Waals surface area (Å²) in [6, 6.07) is 61.5. The second-order valence-electron chi connectivity index (χ2n) is 12.3. The molecule has 0 aliphatic heterocycles. The molecule has 4 heterocycles. The summed E-state index contributed by atoms with van der Waals surface area (Å²) in [4.78, 5) is 10.8. The molecule has 0 amide bonds. The van der Waals surface area contributed by atoms with Crippen molar-refractivity contribution in [3.63, 3.8) is 0 Å². The number of imidazole rings is 1. The highest BCUT2D eigenvalue weighted by Crippen LogP contribution is 2.44. The first-order chi connectivity index (χ1) is 24.3. The second kappa shape index (κ2) is 10.9. The number of pyridine rings is 1. The van der Waals surface area contributed by atoms with Gasteiger partial charge in [-0.05, 0) is 48.5 Å². The third kappa shape index (κ3) is 4.19. The third-order valence-corrected chi connectivity index (χ3v) is 9.46. The van der Waals surface area contributed by atoms with Crippen LogP contribution in [0.3, 0.4) is 0 Å². The Bertz CT molecular complexity index is 2790. The summed E-state index contributed by atoms with van der Waals surface area (Å²) >= 11 is 0. The summed E-state index contributed by atoms with van der Waals surface area (Å²) < 4.78 is 6.99. The molecule has 5 heteroatoms. The molecule has 0 bridgehead atoms. The van der Waals surface area contributed by atoms with E-state index in [1.54, 1.807) is 0 Å². The molecule has 0 N–H and O–H groups in total. The molecular formula is C44H29N5. The van der Waals surface area contributed by atoms with Gasteiger partial charge in [0.1, 0.15) is 17.2 Å². The molecule has 0 saturated carbocycles. The number of hydrogen-bond acceptors (Lipinski definition) is 2. The van der Waals surface area contributed by atoms with E-state index >= 15 is 0 Å². The number of para-hydroxylation sites is 3. The fourth-order valence-corrected chi connectivity index (χ4v) is 7.37. The van der Waals surface area contributed by atoms with Crippen molar-refractivity contribution in [2.24, 2.45) is 0 Å². The lowest BCUT2D eigenvalue weighted by atomic mass is 10.1. The van der Waals surface area contributed by atoms with E-state index in [0.717, 1.165) is 72.9 Å². The van der Waals surface area contributed by atoms with Crippen LogP contribution >= 0.6 is 0 Å². The van der Waals surface area contributed by atoms with Crippen LogP contribution < -0.4 is 0 Å². The van der Waals surface area contributed by atoms with Gasteiger partial charge in [0.15, 0.2) is 5.65 Å². The molecule has 49 heavy (non-hydrogen) atoms. The van der Waals surface area contributed by atoms with Gasteiger partial charge < -0.3 is 0 Å². The highest BCUT2D eigenvalue weighted by molar-refractivity contribution is 6.25. The zero-order valence-corrected chi connectivity index (χ0v) is 26.5. The van der Waals surface area contributed by atoms with Crippen LogP contribution in [0.25, 0.3) is 83.7 Å². The molecule has 0 aliphatic rings. The zero-order chi connectivity index (χ0) is 32.3. The molecule has 0 aliphatic carbocycles. The first-order valence-electron chi connectivity index (χ1n) is 16.5. The lowest BCUT2D eigenvalue weighted by Gasteiger charge is -2.13. The number of nitrogens with zero attached hydrogens (tertiary/aromatic N) is 5. The smallest absolute Gasteiger partial charge is 0.165 e.